The van der Waals surface area contributed by atoms with Crippen LogP contribution in [0.2, 0.25) is 5.02 Å². The Labute approximate surface area is 184 Å². The smallest absolute Gasteiger partial charge is 0.225 e. The van der Waals surface area contributed by atoms with Crippen LogP contribution in [0.3, 0.4) is 0 Å². The summed E-state index contributed by atoms with van der Waals surface area (Å²) in [6, 6.07) is 6.98. The van der Waals surface area contributed by atoms with E-state index >= 15 is 0 Å². The number of nitrogens with zero attached hydrogens (tertiary/aromatic N) is 6. The van der Waals surface area contributed by atoms with Gasteiger partial charge < -0.3 is 9.47 Å². The van der Waals surface area contributed by atoms with Crippen molar-refractivity contribution in [2.24, 2.45) is 12.0 Å². The second-order valence-corrected chi connectivity index (χ2v) is 8.56. The predicted molar refractivity (Wildman–Crippen MR) is 116 cm³/mol. The lowest BCUT2D eigenvalue weighted by molar-refractivity contribution is -0.138. The van der Waals surface area contributed by atoms with Crippen LogP contribution in [-0.2, 0) is 11.8 Å². The Balaban J connectivity index is 1.67. The number of aromatic nitrogens is 4. The molecule has 7 nitrogen and oxygen atoms in total. The van der Waals surface area contributed by atoms with Crippen LogP contribution < -0.4 is 0 Å². The molecule has 31 heavy (non-hydrogen) atoms. The molecule has 4 heterocycles. The Morgan fingerprint density at radius 2 is 1.90 bits per heavy atom. The fourth-order valence-electron chi connectivity index (χ4n) is 4.23. The molecule has 1 amide bonds. The minimum Gasteiger partial charge on any atom is -0.352 e. The lowest BCUT2D eigenvalue weighted by Gasteiger charge is -2.34. The van der Waals surface area contributed by atoms with Crippen molar-refractivity contribution in [3.63, 3.8) is 0 Å². The molecular weight excluding hydrogens is 419 g/mol. The third-order valence-electron chi connectivity index (χ3n) is 6.05. The summed E-state index contributed by atoms with van der Waals surface area (Å²) < 4.78 is 17.3. The van der Waals surface area contributed by atoms with Crippen molar-refractivity contribution in [1.82, 2.24) is 24.2 Å². The van der Waals surface area contributed by atoms with Gasteiger partial charge in [0.1, 0.15) is 18.0 Å². The molecule has 0 spiro atoms. The number of alkyl halides is 1. The summed E-state index contributed by atoms with van der Waals surface area (Å²) in [6.45, 7) is 4.21. The van der Waals surface area contributed by atoms with E-state index in [9.17, 15) is 9.18 Å². The highest BCUT2D eigenvalue weighted by molar-refractivity contribution is 6.30. The van der Waals surface area contributed by atoms with Crippen LogP contribution in [0.15, 0.2) is 35.5 Å². The number of fused-ring (bicyclic) bond motifs is 3. The Morgan fingerprint density at radius 3 is 2.58 bits per heavy atom. The van der Waals surface area contributed by atoms with Crippen molar-refractivity contribution in [2.75, 3.05) is 13.1 Å². The van der Waals surface area contributed by atoms with Crippen molar-refractivity contribution < 1.29 is 9.18 Å². The summed E-state index contributed by atoms with van der Waals surface area (Å²) in [5, 5.41) is 9.29. The molecule has 1 saturated heterocycles. The van der Waals surface area contributed by atoms with Crippen LogP contribution >= 0.6 is 11.6 Å². The van der Waals surface area contributed by atoms with E-state index in [1.165, 1.54) is 4.90 Å². The van der Waals surface area contributed by atoms with Crippen LogP contribution in [-0.4, -0.2) is 55.1 Å². The van der Waals surface area contributed by atoms with Gasteiger partial charge in [0.05, 0.1) is 30.9 Å². The van der Waals surface area contributed by atoms with E-state index in [-0.39, 0.29) is 25.4 Å². The minimum absolute atomic E-state index is 0.109. The molecule has 3 aromatic rings. The van der Waals surface area contributed by atoms with E-state index in [0.717, 1.165) is 34.0 Å². The fourth-order valence-corrected chi connectivity index (χ4v) is 4.35. The number of hydrogen-bond acceptors (Lipinski definition) is 4. The first kappa shape index (κ1) is 19.9. The molecule has 1 aromatic carbocycles. The number of hydrogen-bond donors (Lipinski definition) is 0. The maximum absolute atomic E-state index is 13.3. The molecule has 0 radical (unpaired) electrons. The van der Waals surface area contributed by atoms with Crippen LogP contribution in [0.5, 0.6) is 0 Å². The molecule has 2 aromatic heterocycles. The standard InChI is InChI=1S/C22H22ClFN6O/c1-12-20-18(11-28(12)3)30-13(2)26-27-22(30)17(8-19(31)29-9-16(24)10-29)25-21(20)14-4-6-15(23)7-5-14/h4-7,11,16-17H,8-10H2,1-3H3/t17-/m0/s1. The first-order valence-electron chi connectivity index (χ1n) is 10.2. The van der Waals surface area contributed by atoms with Gasteiger partial charge in [-0.15, -0.1) is 10.2 Å². The largest absolute Gasteiger partial charge is 0.352 e. The van der Waals surface area contributed by atoms with Gasteiger partial charge in [-0.3, -0.25) is 14.4 Å². The molecule has 0 aliphatic carbocycles. The maximum Gasteiger partial charge on any atom is 0.225 e. The highest BCUT2D eigenvalue weighted by Gasteiger charge is 2.35. The van der Waals surface area contributed by atoms with Crippen molar-refractivity contribution in [1.29, 1.82) is 0 Å². The number of aryl methyl sites for hydroxylation is 2. The average Bonchev–Trinajstić information content (AvgIpc) is 3.18. The average molecular weight is 441 g/mol. The van der Waals surface area contributed by atoms with Crippen molar-refractivity contribution in [3.05, 3.63) is 64.0 Å². The highest BCUT2D eigenvalue weighted by atomic mass is 35.5. The number of likely N-dealkylation sites (tertiary alicyclic amines) is 1. The Bertz CT molecular complexity index is 1210. The van der Waals surface area contributed by atoms with Gasteiger partial charge in [-0.2, -0.15) is 0 Å². The number of amides is 1. The Hall–Kier alpha value is -3.00. The number of benzene rings is 1. The summed E-state index contributed by atoms with van der Waals surface area (Å²) in [5.74, 6) is 1.20. The van der Waals surface area contributed by atoms with E-state index in [0.29, 0.717) is 10.8 Å². The molecule has 1 fully saturated rings. The van der Waals surface area contributed by atoms with E-state index in [4.69, 9.17) is 16.6 Å². The summed E-state index contributed by atoms with van der Waals surface area (Å²) >= 11 is 6.11. The van der Waals surface area contributed by atoms with Gasteiger partial charge in [0.2, 0.25) is 5.91 Å². The number of halogens is 2. The zero-order valence-electron chi connectivity index (χ0n) is 17.5. The molecule has 1 atom stereocenters. The van der Waals surface area contributed by atoms with Gasteiger partial charge in [-0.05, 0) is 26.0 Å². The molecule has 0 saturated carbocycles. The molecule has 0 bridgehead atoms. The van der Waals surface area contributed by atoms with Gasteiger partial charge in [-0.1, -0.05) is 23.7 Å². The normalized spacial score (nSPS) is 18.2. The Kier molecular flexibility index (Phi) is 4.69. The first-order chi connectivity index (χ1) is 14.8. The Morgan fingerprint density at radius 1 is 1.19 bits per heavy atom. The van der Waals surface area contributed by atoms with Gasteiger partial charge in [0.15, 0.2) is 5.82 Å². The van der Waals surface area contributed by atoms with E-state index in [2.05, 4.69) is 10.2 Å². The molecule has 5 rings (SSSR count). The van der Waals surface area contributed by atoms with Gasteiger partial charge >= 0.3 is 0 Å². The molecule has 160 valence electrons. The van der Waals surface area contributed by atoms with Crippen molar-refractivity contribution in [3.8, 4) is 5.69 Å². The van der Waals surface area contributed by atoms with Crippen LogP contribution in [0.25, 0.3) is 5.69 Å². The summed E-state index contributed by atoms with van der Waals surface area (Å²) in [7, 11) is 1.99. The fraction of sp³-hybridized carbons (Fsp3) is 0.364. The van der Waals surface area contributed by atoms with Crippen LogP contribution in [0, 0.1) is 13.8 Å². The zero-order valence-corrected chi connectivity index (χ0v) is 18.3. The molecule has 9 heteroatoms. The van der Waals surface area contributed by atoms with Crippen molar-refractivity contribution >= 4 is 23.2 Å². The van der Waals surface area contributed by atoms with E-state index in [1.807, 2.05) is 60.5 Å². The van der Waals surface area contributed by atoms with Crippen LogP contribution in [0.4, 0.5) is 4.39 Å². The quantitative estimate of drug-likeness (QED) is 0.627. The second-order valence-electron chi connectivity index (χ2n) is 8.13. The van der Waals surface area contributed by atoms with Gasteiger partial charge in [-0.25, -0.2) is 4.39 Å². The topological polar surface area (TPSA) is 68.3 Å². The summed E-state index contributed by atoms with van der Waals surface area (Å²) in [6.07, 6.45) is 1.20. The maximum atomic E-state index is 13.3. The van der Waals surface area contributed by atoms with Crippen LogP contribution in [0.1, 0.15) is 40.9 Å². The van der Waals surface area contributed by atoms with E-state index in [1.54, 1.807) is 0 Å². The third kappa shape index (κ3) is 3.26. The number of rotatable bonds is 3. The minimum atomic E-state index is -0.940. The summed E-state index contributed by atoms with van der Waals surface area (Å²) in [4.78, 5) is 19.4. The SMILES string of the molecule is Cc1c2c(cn1C)-n1c(C)nnc1[C@H](CC(=O)N1CC(F)C1)N=C2c1ccc(Cl)cc1. The van der Waals surface area contributed by atoms with Gasteiger partial charge in [0.25, 0.3) is 0 Å². The molecular formula is C22H22ClFN6O. The molecule has 2 aliphatic rings. The molecule has 0 N–H and O–H groups in total. The lowest BCUT2D eigenvalue weighted by Crippen LogP contribution is -2.51. The zero-order chi connectivity index (χ0) is 21.9. The van der Waals surface area contributed by atoms with Gasteiger partial charge in [0, 0.05) is 35.1 Å². The lowest BCUT2D eigenvalue weighted by atomic mass is 10.0. The predicted octanol–water partition coefficient (Wildman–Crippen LogP) is 3.34. The highest BCUT2D eigenvalue weighted by Crippen LogP contribution is 2.35. The number of carbonyl (C=O) groups excluding carboxylic acids is 1. The number of aliphatic imine (C=N–C) groups is 1. The van der Waals surface area contributed by atoms with Crippen molar-refractivity contribution in [2.45, 2.75) is 32.5 Å². The van der Waals surface area contributed by atoms with E-state index < -0.39 is 12.2 Å². The summed E-state index contributed by atoms with van der Waals surface area (Å²) in [5.41, 5.74) is 4.62. The first-order valence-corrected chi connectivity index (χ1v) is 10.6. The molecule has 2 aliphatic heterocycles. The number of carbonyl (C=O) groups is 1. The second kappa shape index (κ2) is 7.30. The molecule has 0 unspecified atom stereocenters. The monoisotopic (exact) mass is 440 g/mol. The third-order valence-corrected chi connectivity index (χ3v) is 6.30.